The zero-order valence-electron chi connectivity index (χ0n) is 10.6. The van der Waals surface area contributed by atoms with Gasteiger partial charge in [0.05, 0.1) is 0 Å². The van der Waals surface area contributed by atoms with Gasteiger partial charge in [-0.3, -0.25) is 4.68 Å². The summed E-state index contributed by atoms with van der Waals surface area (Å²) in [5, 5.41) is 4.16. The molecule has 2 rings (SSSR count). The van der Waals surface area contributed by atoms with Gasteiger partial charge >= 0.3 is 0 Å². The second-order valence-corrected chi connectivity index (χ2v) is 5.46. The molecule has 18 heavy (non-hydrogen) atoms. The summed E-state index contributed by atoms with van der Waals surface area (Å²) < 4.78 is 1.91. The van der Waals surface area contributed by atoms with Crippen LogP contribution in [0.4, 0.5) is 0 Å². The van der Waals surface area contributed by atoms with E-state index in [1.165, 1.54) is 10.6 Å². The third-order valence-corrected chi connectivity index (χ3v) is 4.10. The lowest BCUT2D eigenvalue weighted by molar-refractivity contribution is 0.629. The van der Waals surface area contributed by atoms with Crippen molar-refractivity contribution in [3.8, 4) is 0 Å². The molecule has 1 atom stereocenters. The molecule has 0 amide bonds. The van der Waals surface area contributed by atoms with Crippen LogP contribution < -0.4 is 5.73 Å². The number of hydrogen-bond acceptors (Lipinski definition) is 3. The Morgan fingerprint density at radius 2 is 2.06 bits per heavy atom. The van der Waals surface area contributed by atoms with E-state index in [9.17, 15) is 0 Å². The van der Waals surface area contributed by atoms with E-state index in [1.807, 2.05) is 35.8 Å². The topological polar surface area (TPSA) is 43.8 Å². The smallest absolute Gasteiger partial charge is 0.0492 e. The molecular formula is C14H19N3S. The van der Waals surface area contributed by atoms with E-state index >= 15 is 0 Å². The summed E-state index contributed by atoms with van der Waals surface area (Å²) in [4.78, 5) is 1.29. The number of nitrogens with zero attached hydrogens (tertiary/aromatic N) is 2. The first kappa shape index (κ1) is 13.2. The molecule has 0 aliphatic carbocycles. The Balaban J connectivity index is 1.73. The van der Waals surface area contributed by atoms with Crippen molar-refractivity contribution in [2.75, 3.05) is 5.75 Å². The van der Waals surface area contributed by atoms with E-state index in [1.54, 1.807) is 0 Å². The van der Waals surface area contributed by atoms with Crippen LogP contribution in [0.1, 0.15) is 12.1 Å². The Kier molecular flexibility index (Phi) is 4.84. The highest BCUT2D eigenvalue weighted by atomic mass is 32.2. The zero-order chi connectivity index (χ0) is 12.8. The Bertz CT molecular complexity index is 467. The summed E-state index contributed by atoms with van der Waals surface area (Å²) in [5.74, 6) is 0.960. The molecule has 0 bridgehead atoms. The van der Waals surface area contributed by atoms with Crippen molar-refractivity contribution in [2.24, 2.45) is 12.8 Å². The minimum atomic E-state index is 0.227. The van der Waals surface area contributed by atoms with Crippen LogP contribution in [-0.2, 0) is 13.5 Å². The molecule has 2 aromatic rings. The highest BCUT2D eigenvalue weighted by Gasteiger charge is 2.06. The summed E-state index contributed by atoms with van der Waals surface area (Å²) in [6, 6.07) is 12.7. The van der Waals surface area contributed by atoms with Crippen LogP contribution in [0, 0.1) is 0 Å². The van der Waals surface area contributed by atoms with Crippen molar-refractivity contribution in [1.29, 1.82) is 0 Å². The maximum absolute atomic E-state index is 6.14. The van der Waals surface area contributed by atoms with Gasteiger partial charge in [-0.15, -0.1) is 11.8 Å². The van der Waals surface area contributed by atoms with Crippen LogP contribution in [0.2, 0.25) is 0 Å². The summed E-state index contributed by atoms with van der Waals surface area (Å²) in [7, 11) is 1.97. The predicted octanol–water partition coefficient (Wildman–Crippen LogP) is 2.47. The van der Waals surface area contributed by atoms with E-state index in [0.717, 1.165) is 18.6 Å². The molecule has 0 aliphatic rings. The van der Waals surface area contributed by atoms with Crippen molar-refractivity contribution in [1.82, 2.24) is 9.78 Å². The fraction of sp³-hybridized carbons (Fsp3) is 0.357. The van der Waals surface area contributed by atoms with Gasteiger partial charge in [0.1, 0.15) is 0 Å². The number of hydrogen-bond donors (Lipinski definition) is 1. The normalized spacial score (nSPS) is 12.6. The molecule has 1 aromatic heterocycles. The summed E-state index contributed by atoms with van der Waals surface area (Å²) in [5.41, 5.74) is 7.38. The Morgan fingerprint density at radius 3 is 2.72 bits per heavy atom. The summed E-state index contributed by atoms with van der Waals surface area (Å²) >= 11 is 1.82. The first-order valence-corrected chi connectivity index (χ1v) is 7.14. The van der Waals surface area contributed by atoms with Crippen LogP contribution in [0.5, 0.6) is 0 Å². The average molecular weight is 261 g/mol. The van der Waals surface area contributed by atoms with Gasteiger partial charge in [-0.1, -0.05) is 18.2 Å². The van der Waals surface area contributed by atoms with Crippen molar-refractivity contribution in [3.63, 3.8) is 0 Å². The molecule has 0 aliphatic heterocycles. The Labute approximate surface area is 112 Å². The van der Waals surface area contributed by atoms with E-state index in [4.69, 9.17) is 5.73 Å². The quantitative estimate of drug-likeness (QED) is 0.812. The zero-order valence-corrected chi connectivity index (χ0v) is 11.4. The molecule has 0 fully saturated rings. The molecule has 0 radical (unpaired) electrons. The highest BCUT2D eigenvalue weighted by molar-refractivity contribution is 7.99. The van der Waals surface area contributed by atoms with E-state index in [0.29, 0.717) is 0 Å². The lowest BCUT2D eigenvalue weighted by Crippen LogP contribution is -2.23. The number of aryl methyl sites for hydroxylation is 2. The molecule has 2 N–H and O–H groups in total. The SMILES string of the molecule is Cn1nccc1CCC(N)CSc1ccccc1. The predicted molar refractivity (Wildman–Crippen MR) is 76.7 cm³/mol. The second-order valence-electron chi connectivity index (χ2n) is 4.37. The van der Waals surface area contributed by atoms with E-state index < -0.39 is 0 Å². The van der Waals surface area contributed by atoms with Gasteiger partial charge < -0.3 is 5.73 Å². The van der Waals surface area contributed by atoms with Gasteiger partial charge in [0.15, 0.2) is 0 Å². The summed E-state index contributed by atoms with van der Waals surface area (Å²) in [6.07, 6.45) is 3.83. The average Bonchev–Trinajstić information content (AvgIpc) is 2.81. The molecular weight excluding hydrogens is 242 g/mol. The third kappa shape index (κ3) is 3.89. The molecule has 0 saturated carbocycles. The number of nitrogens with two attached hydrogens (primary N) is 1. The van der Waals surface area contributed by atoms with Gasteiger partial charge in [0.2, 0.25) is 0 Å². The molecule has 3 nitrogen and oxygen atoms in total. The largest absolute Gasteiger partial charge is 0.327 e. The lowest BCUT2D eigenvalue weighted by atomic mass is 10.1. The second kappa shape index (κ2) is 6.61. The first-order chi connectivity index (χ1) is 8.75. The van der Waals surface area contributed by atoms with Crippen molar-refractivity contribution < 1.29 is 0 Å². The van der Waals surface area contributed by atoms with Gasteiger partial charge in [0.25, 0.3) is 0 Å². The van der Waals surface area contributed by atoms with Gasteiger partial charge in [-0.2, -0.15) is 5.10 Å². The van der Waals surface area contributed by atoms with E-state index in [-0.39, 0.29) is 6.04 Å². The van der Waals surface area contributed by atoms with E-state index in [2.05, 4.69) is 35.4 Å². The van der Waals surface area contributed by atoms with Crippen LogP contribution >= 0.6 is 11.8 Å². The minimum Gasteiger partial charge on any atom is -0.327 e. The van der Waals surface area contributed by atoms with Crippen LogP contribution in [0.25, 0.3) is 0 Å². The standard InChI is InChI=1S/C14H19N3S/c1-17-13(9-10-16-17)8-7-12(15)11-18-14-5-3-2-4-6-14/h2-6,9-10,12H,7-8,11,15H2,1H3. The van der Waals surface area contributed by atoms with Crippen LogP contribution in [0.3, 0.4) is 0 Å². The number of thioether (sulfide) groups is 1. The highest BCUT2D eigenvalue weighted by Crippen LogP contribution is 2.18. The van der Waals surface area contributed by atoms with Gasteiger partial charge in [0, 0.05) is 35.6 Å². The summed E-state index contributed by atoms with van der Waals surface area (Å²) in [6.45, 7) is 0. The minimum absolute atomic E-state index is 0.227. The van der Waals surface area contributed by atoms with Gasteiger partial charge in [-0.25, -0.2) is 0 Å². The molecule has 1 aromatic carbocycles. The van der Waals surface area contributed by atoms with Gasteiger partial charge in [-0.05, 0) is 31.0 Å². The number of aromatic nitrogens is 2. The Morgan fingerprint density at radius 1 is 1.28 bits per heavy atom. The monoisotopic (exact) mass is 261 g/mol. The lowest BCUT2D eigenvalue weighted by Gasteiger charge is -2.11. The fourth-order valence-corrected chi connectivity index (χ4v) is 2.71. The van der Waals surface area contributed by atoms with Crippen LogP contribution in [-0.4, -0.2) is 21.6 Å². The fourth-order valence-electron chi connectivity index (χ4n) is 1.78. The first-order valence-electron chi connectivity index (χ1n) is 6.16. The van der Waals surface area contributed by atoms with Crippen molar-refractivity contribution in [2.45, 2.75) is 23.8 Å². The molecule has 0 spiro atoms. The van der Waals surface area contributed by atoms with Crippen molar-refractivity contribution >= 4 is 11.8 Å². The molecule has 1 heterocycles. The Hall–Kier alpha value is -1.26. The maximum atomic E-state index is 6.14. The number of rotatable bonds is 6. The molecule has 1 unspecified atom stereocenters. The van der Waals surface area contributed by atoms with Crippen molar-refractivity contribution in [3.05, 3.63) is 48.3 Å². The molecule has 4 heteroatoms. The maximum Gasteiger partial charge on any atom is 0.0492 e. The van der Waals surface area contributed by atoms with Crippen LogP contribution in [0.15, 0.2) is 47.5 Å². The molecule has 96 valence electrons. The third-order valence-electron chi connectivity index (χ3n) is 2.90. The number of benzene rings is 1. The molecule has 0 saturated heterocycles.